The lowest BCUT2D eigenvalue weighted by molar-refractivity contribution is -0.0589. The quantitative estimate of drug-likeness (QED) is 0.826. The van der Waals surface area contributed by atoms with E-state index in [1.807, 2.05) is 26.8 Å². The second-order valence-electron chi connectivity index (χ2n) is 4.30. The standard InChI is InChI=1S/C11H13Br2NO2/c1-11(2,3)16-14-10(15)7-4-8(12)6-9(13)5-7/h4-6H,1-3H3,(H,14,15). The molecule has 0 atom stereocenters. The number of nitrogens with one attached hydrogen (secondary N) is 1. The number of carbonyl (C=O) groups excluding carboxylic acids is 1. The highest BCUT2D eigenvalue weighted by molar-refractivity contribution is 9.11. The van der Waals surface area contributed by atoms with Gasteiger partial charge in [0.2, 0.25) is 0 Å². The van der Waals surface area contributed by atoms with Crippen LogP contribution in [0, 0.1) is 0 Å². The van der Waals surface area contributed by atoms with Crippen LogP contribution in [0.25, 0.3) is 0 Å². The van der Waals surface area contributed by atoms with E-state index in [1.165, 1.54) is 0 Å². The molecule has 0 saturated carbocycles. The number of amides is 1. The fourth-order valence-corrected chi connectivity index (χ4v) is 2.24. The molecule has 16 heavy (non-hydrogen) atoms. The van der Waals surface area contributed by atoms with Crippen molar-refractivity contribution in [2.75, 3.05) is 0 Å². The van der Waals surface area contributed by atoms with Crippen molar-refractivity contribution in [3.05, 3.63) is 32.7 Å². The van der Waals surface area contributed by atoms with Crippen LogP contribution >= 0.6 is 31.9 Å². The zero-order valence-corrected chi connectivity index (χ0v) is 12.5. The smallest absolute Gasteiger partial charge is 0.268 e. The third-order valence-corrected chi connectivity index (χ3v) is 2.49. The van der Waals surface area contributed by atoms with Crippen molar-refractivity contribution < 1.29 is 9.63 Å². The van der Waals surface area contributed by atoms with Gasteiger partial charge in [-0.15, -0.1) is 0 Å². The van der Waals surface area contributed by atoms with E-state index in [9.17, 15) is 4.79 Å². The van der Waals surface area contributed by atoms with Crippen molar-refractivity contribution in [2.45, 2.75) is 26.4 Å². The maximum absolute atomic E-state index is 11.7. The van der Waals surface area contributed by atoms with Gasteiger partial charge in [-0.25, -0.2) is 5.48 Å². The van der Waals surface area contributed by atoms with Gasteiger partial charge in [0.25, 0.3) is 5.91 Å². The van der Waals surface area contributed by atoms with Gasteiger partial charge in [0, 0.05) is 14.5 Å². The third-order valence-electron chi connectivity index (χ3n) is 1.57. The highest BCUT2D eigenvalue weighted by Gasteiger charge is 2.14. The van der Waals surface area contributed by atoms with Crippen molar-refractivity contribution in [1.82, 2.24) is 5.48 Å². The Morgan fingerprint density at radius 1 is 1.19 bits per heavy atom. The van der Waals surface area contributed by atoms with E-state index in [0.29, 0.717) is 5.56 Å². The van der Waals surface area contributed by atoms with Crippen molar-refractivity contribution in [1.29, 1.82) is 0 Å². The minimum atomic E-state index is -0.404. The molecule has 0 spiro atoms. The molecule has 0 fully saturated rings. The van der Waals surface area contributed by atoms with Gasteiger partial charge in [-0.3, -0.25) is 9.63 Å². The first-order valence-corrected chi connectivity index (χ1v) is 6.31. The summed E-state index contributed by atoms with van der Waals surface area (Å²) < 4.78 is 1.67. The van der Waals surface area contributed by atoms with Crippen LogP contribution in [0.1, 0.15) is 31.1 Å². The lowest BCUT2D eigenvalue weighted by atomic mass is 10.2. The molecule has 0 saturated heterocycles. The monoisotopic (exact) mass is 349 g/mol. The summed E-state index contributed by atoms with van der Waals surface area (Å²) >= 11 is 6.64. The molecule has 3 nitrogen and oxygen atoms in total. The minimum Gasteiger partial charge on any atom is -0.268 e. The first-order chi connectivity index (χ1) is 7.28. The summed E-state index contributed by atoms with van der Waals surface area (Å²) in [5.74, 6) is -0.267. The molecule has 0 aliphatic rings. The Bertz CT molecular complexity index is 379. The molecular weight excluding hydrogens is 338 g/mol. The second-order valence-corrected chi connectivity index (χ2v) is 6.14. The number of hydrogen-bond acceptors (Lipinski definition) is 2. The average Bonchev–Trinajstić information content (AvgIpc) is 2.11. The normalized spacial score (nSPS) is 11.3. The molecule has 1 aromatic carbocycles. The molecular formula is C11H13Br2NO2. The first-order valence-electron chi connectivity index (χ1n) is 4.72. The van der Waals surface area contributed by atoms with Gasteiger partial charge in [-0.2, -0.15) is 0 Å². The summed E-state index contributed by atoms with van der Waals surface area (Å²) in [4.78, 5) is 16.9. The number of benzene rings is 1. The van der Waals surface area contributed by atoms with Crippen molar-refractivity contribution in [3.63, 3.8) is 0 Å². The highest BCUT2D eigenvalue weighted by Crippen LogP contribution is 2.20. The molecule has 0 radical (unpaired) electrons. The van der Waals surface area contributed by atoms with E-state index in [4.69, 9.17) is 4.84 Å². The molecule has 1 N–H and O–H groups in total. The Morgan fingerprint density at radius 2 is 1.69 bits per heavy atom. The van der Waals surface area contributed by atoms with Gasteiger partial charge in [0.05, 0.1) is 5.60 Å². The summed E-state index contributed by atoms with van der Waals surface area (Å²) in [5, 5.41) is 0. The summed E-state index contributed by atoms with van der Waals surface area (Å²) in [6.07, 6.45) is 0. The van der Waals surface area contributed by atoms with E-state index in [1.54, 1.807) is 12.1 Å². The maximum Gasteiger partial charge on any atom is 0.274 e. The third kappa shape index (κ3) is 4.63. The van der Waals surface area contributed by atoms with Gasteiger partial charge in [0.15, 0.2) is 0 Å². The Hall–Kier alpha value is -0.390. The number of carbonyl (C=O) groups is 1. The summed E-state index contributed by atoms with van der Waals surface area (Å²) in [7, 11) is 0. The van der Waals surface area contributed by atoms with Crippen LogP contribution < -0.4 is 5.48 Å². The van der Waals surface area contributed by atoms with E-state index >= 15 is 0 Å². The number of hydrogen-bond donors (Lipinski definition) is 1. The Labute approximate surface area is 112 Å². The van der Waals surface area contributed by atoms with Crippen LogP contribution in [-0.4, -0.2) is 11.5 Å². The molecule has 88 valence electrons. The van der Waals surface area contributed by atoms with E-state index in [-0.39, 0.29) is 5.91 Å². The van der Waals surface area contributed by atoms with E-state index in [2.05, 4.69) is 37.3 Å². The molecule has 0 heterocycles. The summed E-state index contributed by atoms with van der Waals surface area (Å²) in [6.45, 7) is 5.60. The zero-order chi connectivity index (χ0) is 12.3. The largest absolute Gasteiger partial charge is 0.274 e. The van der Waals surface area contributed by atoms with Crippen molar-refractivity contribution >= 4 is 37.8 Å². The molecule has 1 amide bonds. The van der Waals surface area contributed by atoms with Crippen LogP contribution in [-0.2, 0) is 4.84 Å². The molecule has 0 aliphatic carbocycles. The molecule has 0 bridgehead atoms. The maximum atomic E-state index is 11.7. The van der Waals surface area contributed by atoms with Crippen molar-refractivity contribution in [2.24, 2.45) is 0 Å². The lowest BCUT2D eigenvalue weighted by Crippen LogP contribution is -2.33. The van der Waals surface area contributed by atoms with Gasteiger partial charge in [-0.05, 0) is 39.0 Å². The van der Waals surface area contributed by atoms with Crippen LogP contribution in [0.4, 0.5) is 0 Å². The minimum absolute atomic E-state index is 0.267. The molecule has 1 aromatic rings. The molecule has 5 heteroatoms. The summed E-state index contributed by atoms with van der Waals surface area (Å²) in [6, 6.07) is 5.32. The van der Waals surface area contributed by atoms with E-state index in [0.717, 1.165) is 8.95 Å². The molecule has 1 rings (SSSR count). The van der Waals surface area contributed by atoms with Gasteiger partial charge >= 0.3 is 0 Å². The first kappa shape index (κ1) is 13.7. The number of halogens is 2. The van der Waals surface area contributed by atoms with E-state index < -0.39 is 5.60 Å². The van der Waals surface area contributed by atoms with Gasteiger partial charge in [0.1, 0.15) is 0 Å². The molecule has 0 unspecified atom stereocenters. The number of rotatable bonds is 2. The van der Waals surface area contributed by atoms with Gasteiger partial charge < -0.3 is 0 Å². The fourth-order valence-electron chi connectivity index (χ4n) is 0.943. The average molecular weight is 351 g/mol. The van der Waals surface area contributed by atoms with Crippen molar-refractivity contribution in [3.8, 4) is 0 Å². The number of hydroxylamine groups is 1. The second kappa shape index (κ2) is 5.29. The Morgan fingerprint density at radius 3 is 2.12 bits per heavy atom. The Balaban J connectivity index is 2.73. The highest BCUT2D eigenvalue weighted by atomic mass is 79.9. The van der Waals surface area contributed by atoms with Crippen LogP contribution in [0.5, 0.6) is 0 Å². The molecule has 0 aliphatic heterocycles. The predicted octanol–water partition coefficient (Wildman–Crippen LogP) is 3.67. The van der Waals surface area contributed by atoms with Gasteiger partial charge in [-0.1, -0.05) is 31.9 Å². The Kier molecular flexibility index (Phi) is 4.52. The van der Waals surface area contributed by atoms with Crippen LogP contribution in [0.15, 0.2) is 27.1 Å². The topological polar surface area (TPSA) is 38.3 Å². The zero-order valence-electron chi connectivity index (χ0n) is 9.30. The van der Waals surface area contributed by atoms with Crippen LogP contribution in [0.3, 0.4) is 0 Å². The predicted molar refractivity (Wildman–Crippen MR) is 70.1 cm³/mol. The van der Waals surface area contributed by atoms with Crippen LogP contribution in [0.2, 0.25) is 0 Å². The SMILES string of the molecule is CC(C)(C)ONC(=O)c1cc(Br)cc(Br)c1. The summed E-state index contributed by atoms with van der Waals surface area (Å²) in [5.41, 5.74) is 2.54. The lowest BCUT2D eigenvalue weighted by Gasteiger charge is -2.19. The molecule has 0 aromatic heterocycles. The fraction of sp³-hybridized carbons (Fsp3) is 0.364.